The van der Waals surface area contributed by atoms with Crippen molar-refractivity contribution in [3.8, 4) is 0 Å². The fraction of sp³-hybridized carbons (Fsp3) is 0.273. The SMILES string of the molecule is C[C@@H](NCCC(OS(=O)(=O)O)c1cccc(C(F)(F)F)c1)c1cccc2ccccc12. The quantitative estimate of drug-likeness (QED) is 0.443. The average Bonchev–Trinajstić information content (AvgIpc) is 2.71. The lowest BCUT2D eigenvalue weighted by Crippen LogP contribution is -2.23. The molecule has 31 heavy (non-hydrogen) atoms. The predicted octanol–water partition coefficient (Wildman–Crippen LogP) is 5.46. The van der Waals surface area contributed by atoms with Crippen LogP contribution in [-0.2, 0) is 20.8 Å². The van der Waals surface area contributed by atoms with Gasteiger partial charge < -0.3 is 5.32 Å². The summed E-state index contributed by atoms with van der Waals surface area (Å²) in [6.07, 6.45) is -5.83. The van der Waals surface area contributed by atoms with Gasteiger partial charge in [-0.15, -0.1) is 0 Å². The molecule has 0 aliphatic heterocycles. The van der Waals surface area contributed by atoms with Gasteiger partial charge in [0, 0.05) is 6.04 Å². The van der Waals surface area contributed by atoms with E-state index in [0.717, 1.165) is 28.5 Å². The molecule has 2 atom stereocenters. The predicted molar refractivity (Wildman–Crippen MR) is 112 cm³/mol. The summed E-state index contributed by atoms with van der Waals surface area (Å²) in [6.45, 7) is 2.17. The van der Waals surface area contributed by atoms with Crippen molar-refractivity contribution in [2.45, 2.75) is 31.7 Å². The maximum Gasteiger partial charge on any atom is 0.416 e. The van der Waals surface area contributed by atoms with Crippen LogP contribution in [0.2, 0.25) is 0 Å². The van der Waals surface area contributed by atoms with Gasteiger partial charge in [-0.3, -0.25) is 4.55 Å². The Balaban J connectivity index is 1.75. The molecule has 1 unspecified atom stereocenters. The molecule has 3 aromatic carbocycles. The first-order chi connectivity index (χ1) is 14.5. The minimum atomic E-state index is -4.86. The van der Waals surface area contributed by atoms with Crippen LogP contribution in [0.1, 0.15) is 42.2 Å². The van der Waals surface area contributed by atoms with Crippen LogP contribution in [0.25, 0.3) is 10.8 Å². The van der Waals surface area contributed by atoms with Gasteiger partial charge in [0.05, 0.1) is 5.56 Å². The Morgan fingerprint density at radius 1 is 1.03 bits per heavy atom. The molecule has 5 nitrogen and oxygen atoms in total. The average molecular weight is 453 g/mol. The van der Waals surface area contributed by atoms with Crippen molar-refractivity contribution in [3.05, 3.63) is 83.4 Å². The molecule has 0 amide bonds. The molecule has 0 aliphatic carbocycles. The molecular weight excluding hydrogens is 431 g/mol. The van der Waals surface area contributed by atoms with E-state index >= 15 is 0 Å². The van der Waals surface area contributed by atoms with Gasteiger partial charge >= 0.3 is 16.6 Å². The van der Waals surface area contributed by atoms with Crippen molar-refractivity contribution in [3.63, 3.8) is 0 Å². The van der Waals surface area contributed by atoms with Crippen molar-refractivity contribution < 1.29 is 30.3 Å². The van der Waals surface area contributed by atoms with Crippen LogP contribution in [0.4, 0.5) is 13.2 Å². The molecule has 0 spiro atoms. The van der Waals surface area contributed by atoms with Gasteiger partial charge in [-0.2, -0.15) is 21.6 Å². The lowest BCUT2D eigenvalue weighted by molar-refractivity contribution is -0.137. The van der Waals surface area contributed by atoms with E-state index in [4.69, 9.17) is 4.55 Å². The summed E-state index contributed by atoms with van der Waals surface area (Å²) in [5.74, 6) is 0. The zero-order valence-electron chi connectivity index (χ0n) is 16.6. The maximum absolute atomic E-state index is 13.0. The normalized spacial score (nSPS) is 14.5. The fourth-order valence-electron chi connectivity index (χ4n) is 3.50. The standard InChI is InChI=1S/C22H22F3NO4S/c1-15(19-11-5-7-16-6-2-3-10-20(16)19)26-13-12-21(30-31(27,28)29)17-8-4-9-18(14-17)22(23,24)25/h2-11,14-15,21,26H,12-13H2,1H3,(H,27,28,29)/t15-,21?/m1/s1. The van der Waals surface area contributed by atoms with Gasteiger partial charge in [0.2, 0.25) is 0 Å². The van der Waals surface area contributed by atoms with Gasteiger partial charge in [-0.25, -0.2) is 4.18 Å². The van der Waals surface area contributed by atoms with E-state index in [0.29, 0.717) is 0 Å². The first-order valence-electron chi connectivity index (χ1n) is 9.58. The highest BCUT2D eigenvalue weighted by Crippen LogP contribution is 2.33. The molecule has 3 aromatic rings. The third kappa shape index (κ3) is 6.27. The Hall–Kier alpha value is -2.46. The van der Waals surface area contributed by atoms with Gasteiger partial charge in [-0.1, -0.05) is 54.6 Å². The van der Waals surface area contributed by atoms with Crippen LogP contribution >= 0.6 is 0 Å². The Morgan fingerprint density at radius 3 is 2.42 bits per heavy atom. The van der Waals surface area contributed by atoms with Crippen molar-refractivity contribution in [1.29, 1.82) is 0 Å². The Labute approximate surface area is 178 Å². The summed E-state index contributed by atoms with van der Waals surface area (Å²) in [5.41, 5.74) is 0.113. The lowest BCUT2D eigenvalue weighted by Gasteiger charge is -2.20. The van der Waals surface area contributed by atoms with Crippen LogP contribution in [0.15, 0.2) is 66.7 Å². The number of alkyl halides is 3. The molecule has 0 aliphatic rings. The largest absolute Gasteiger partial charge is 0.416 e. The summed E-state index contributed by atoms with van der Waals surface area (Å²) in [5, 5.41) is 5.38. The van der Waals surface area contributed by atoms with E-state index in [9.17, 15) is 21.6 Å². The van der Waals surface area contributed by atoms with Crippen LogP contribution < -0.4 is 5.32 Å². The minimum absolute atomic E-state index is 0.00654. The van der Waals surface area contributed by atoms with Crippen molar-refractivity contribution in [1.82, 2.24) is 5.32 Å². The second-order valence-electron chi connectivity index (χ2n) is 7.17. The van der Waals surface area contributed by atoms with Gasteiger partial charge in [-0.05, 0) is 53.9 Å². The molecule has 0 radical (unpaired) electrons. The molecular formula is C22H22F3NO4S. The van der Waals surface area contributed by atoms with Crippen LogP contribution in [0.5, 0.6) is 0 Å². The lowest BCUT2D eigenvalue weighted by atomic mass is 9.99. The second-order valence-corrected chi connectivity index (χ2v) is 8.22. The summed E-state index contributed by atoms with van der Waals surface area (Å²) in [4.78, 5) is 0. The van der Waals surface area contributed by atoms with Crippen LogP contribution in [-0.4, -0.2) is 19.5 Å². The smallest absolute Gasteiger partial charge is 0.310 e. The maximum atomic E-state index is 13.0. The molecule has 0 fully saturated rings. The van der Waals surface area contributed by atoms with Crippen molar-refractivity contribution >= 4 is 21.2 Å². The molecule has 0 heterocycles. The highest BCUT2D eigenvalue weighted by Gasteiger charge is 2.31. The number of halogens is 3. The van der Waals surface area contributed by atoms with Gasteiger partial charge in [0.1, 0.15) is 6.10 Å². The van der Waals surface area contributed by atoms with E-state index in [1.165, 1.54) is 12.1 Å². The minimum Gasteiger partial charge on any atom is -0.310 e. The van der Waals surface area contributed by atoms with Gasteiger partial charge in [0.25, 0.3) is 0 Å². The van der Waals surface area contributed by atoms with Crippen LogP contribution in [0.3, 0.4) is 0 Å². The van der Waals surface area contributed by atoms with E-state index in [1.807, 2.05) is 49.4 Å². The number of hydrogen-bond acceptors (Lipinski definition) is 4. The topological polar surface area (TPSA) is 75.6 Å². The summed E-state index contributed by atoms with van der Waals surface area (Å²) in [7, 11) is -4.86. The molecule has 0 bridgehead atoms. The fourth-order valence-corrected chi connectivity index (χ4v) is 4.00. The third-order valence-corrected chi connectivity index (χ3v) is 5.45. The highest BCUT2D eigenvalue weighted by atomic mass is 32.3. The Bertz CT molecular complexity index is 1140. The number of fused-ring (bicyclic) bond motifs is 1. The molecule has 0 aromatic heterocycles. The third-order valence-electron chi connectivity index (χ3n) is 4.97. The molecule has 2 N–H and O–H groups in total. The van der Waals surface area contributed by atoms with Crippen LogP contribution in [0, 0.1) is 0 Å². The molecule has 0 saturated heterocycles. The highest BCUT2D eigenvalue weighted by molar-refractivity contribution is 7.80. The number of benzene rings is 3. The van der Waals surface area contributed by atoms with E-state index in [-0.39, 0.29) is 24.6 Å². The Kier molecular flexibility index (Phi) is 7.00. The van der Waals surface area contributed by atoms with Crippen molar-refractivity contribution in [2.75, 3.05) is 6.54 Å². The monoisotopic (exact) mass is 453 g/mol. The zero-order valence-corrected chi connectivity index (χ0v) is 17.5. The summed E-state index contributed by atoms with van der Waals surface area (Å²) in [6, 6.07) is 17.9. The number of rotatable bonds is 8. The van der Waals surface area contributed by atoms with Gasteiger partial charge in [0.15, 0.2) is 0 Å². The summed E-state index contributed by atoms with van der Waals surface area (Å²) >= 11 is 0. The molecule has 0 saturated carbocycles. The van der Waals surface area contributed by atoms with Crippen molar-refractivity contribution in [2.24, 2.45) is 0 Å². The molecule has 3 rings (SSSR count). The van der Waals surface area contributed by atoms with E-state index in [2.05, 4.69) is 9.50 Å². The zero-order chi connectivity index (χ0) is 22.6. The molecule has 166 valence electrons. The first kappa shape index (κ1) is 23.2. The van der Waals surface area contributed by atoms with E-state index < -0.39 is 28.2 Å². The second kappa shape index (κ2) is 9.35. The molecule has 9 heteroatoms. The number of nitrogens with one attached hydrogen (secondary N) is 1. The Morgan fingerprint density at radius 2 is 1.71 bits per heavy atom. The summed E-state index contributed by atoms with van der Waals surface area (Å²) < 4.78 is 75.3. The first-order valence-corrected chi connectivity index (χ1v) is 10.9. The van der Waals surface area contributed by atoms with E-state index in [1.54, 1.807) is 0 Å². The number of hydrogen-bond donors (Lipinski definition) is 2.